The Kier molecular flexibility index (Phi) is 11.3. The maximum Gasteiger partial charge on any atom is 0.394 e. The van der Waals surface area contributed by atoms with Gasteiger partial charge >= 0.3 is 10.4 Å². The minimum Gasteiger partial charge on any atom is -0.389 e. The summed E-state index contributed by atoms with van der Waals surface area (Å²) < 4.78 is 54.0. The zero-order valence-electron chi connectivity index (χ0n) is 20.2. The number of aliphatic hydroxyl groups excluding tert-OH is 5. The molecule has 19 nitrogen and oxygen atoms in total. The van der Waals surface area contributed by atoms with Gasteiger partial charge in [0, 0.05) is 18.1 Å². The predicted molar refractivity (Wildman–Crippen MR) is 123 cm³/mol. The first kappa shape index (κ1) is 33.0. The fourth-order valence-corrected chi connectivity index (χ4v) is 4.38. The van der Waals surface area contributed by atoms with Crippen molar-refractivity contribution in [3.8, 4) is 0 Å². The molecule has 3 aliphatic rings. The van der Waals surface area contributed by atoms with Crippen LogP contribution in [0.15, 0.2) is 0 Å². The summed E-state index contributed by atoms with van der Waals surface area (Å²) in [7, 11) is -4.67. The number of primary amides is 1. The van der Waals surface area contributed by atoms with Crippen LogP contribution in [0.2, 0.25) is 0 Å². The van der Waals surface area contributed by atoms with E-state index in [-0.39, 0.29) is 6.42 Å². The number of carbonyl (C=O) groups excluding carboxylic acids is 1. The minimum absolute atomic E-state index is 0.0945. The van der Waals surface area contributed by atoms with E-state index in [1.807, 2.05) is 0 Å². The minimum atomic E-state index is -4.67. The van der Waals surface area contributed by atoms with Gasteiger partial charge in [-0.2, -0.15) is 8.42 Å². The van der Waals surface area contributed by atoms with E-state index >= 15 is 0 Å². The molecule has 0 unspecified atom stereocenters. The molecule has 15 atom stereocenters. The van der Waals surface area contributed by atoms with Gasteiger partial charge in [-0.15, -0.1) is 0 Å². The van der Waals surface area contributed by atoms with Crippen molar-refractivity contribution in [1.82, 2.24) is 0 Å². The number of aliphatic hydroxyl groups is 5. The summed E-state index contributed by atoms with van der Waals surface area (Å²) in [6.07, 6.45) is -15.3. The van der Waals surface area contributed by atoms with Gasteiger partial charge in [0.25, 0.3) is 0 Å². The van der Waals surface area contributed by atoms with E-state index in [4.69, 9.17) is 65.1 Å². The molecule has 0 aromatic carbocycles. The van der Waals surface area contributed by atoms with Crippen molar-refractivity contribution in [3.63, 3.8) is 0 Å². The Morgan fingerprint density at radius 1 is 0.842 bits per heavy atom. The Morgan fingerprint density at radius 3 is 1.84 bits per heavy atom. The molecular weight excluding hydrogens is 542 g/mol. The fraction of sp³-hybridized carbons (Fsp3) is 0.944. The summed E-state index contributed by atoms with van der Waals surface area (Å²) in [5, 5.41) is 51.4. The summed E-state index contributed by atoms with van der Waals surface area (Å²) in [6, 6.07) is -3.62. The van der Waals surface area contributed by atoms with Gasteiger partial charge in [0.15, 0.2) is 18.7 Å². The molecule has 20 heteroatoms. The molecule has 1 amide bonds. The fourth-order valence-electron chi connectivity index (χ4n) is 4.38. The Bertz CT molecular complexity index is 893. The van der Waals surface area contributed by atoms with E-state index in [1.54, 1.807) is 6.92 Å². The molecule has 2 aliphatic heterocycles. The molecule has 2 saturated heterocycles. The molecule has 0 spiro atoms. The van der Waals surface area contributed by atoms with Crippen LogP contribution in [0.1, 0.15) is 13.3 Å². The number of carbonyl (C=O) groups is 1. The quantitative estimate of drug-likeness (QED) is 0.130. The predicted octanol–water partition coefficient (Wildman–Crippen LogP) is -7.42. The van der Waals surface area contributed by atoms with Crippen LogP contribution in [0.3, 0.4) is 0 Å². The molecule has 38 heavy (non-hydrogen) atoms. The van der Waals surface area contributed by atoms with Crippen molar-refractivity contribution < 1.29 is 66.8 Å². The summed E-state index contributed by atoms with van der Waals surface area (Å²) in [4.78, 5) is 11.6. The van der Waals surface area contributed by atoms with Crippen molar-refractivity contribution in [2.45, 2.75) is 105 Å². The van der Waals surface area contributed by atoms with E-state index in [0.717, 1.165) is 0 Å². The highest BCUT2D eigenvalue weighted by Gasteiger charge is 2.53. The number of ether oxygens (including phenoxy) is 4. The van der Waals surface area contributed by atoms with Gasteiger partial charge in [0.05, 0.1) is 12.1 Å². The lowest BCUT2D eigenvalue weighted by Gasteiger charge is -2.47. The van der Waals surface area contributed by atoms with Crippen LogP contribution >= 0.6 is 0 Å². The third kappa shape index (κ3) is 7.94. The summed E-state index contributed by atoms with van der Waals surface area (Å²) in [6.45, 7) is 1.58. The molecule has 1 saturated carbocycles. The second kappa shape index (κ2) is 13.0. The van der Waals surface area contributed by atoms with Crippen LogP contribution in [0.25, 0.3) is 0 Å². The summed E-state index contributed by atoms with van der Waals surface area (Å²) in [5.74, 6) is -1.05. The van der Waals surface area contributed by atoms with Crippen molar-refractivity contribution in [3.05, 3.63) is 0 Å². The molecule has 224 valence electrons. The molecule has 1 aliphatic carbocycles. The molecule has 0 aromatic heterocycles. The van der Waals surface area contributed by atoms with Crippen LogP contribution in [0.4, 0.5) is 0 Å². The largest absolute Gasteiger partial charge is 0.394 e. The van der Waals surface area contributed by atoms with Crippen LogP contribution in [0, 0.1) is 0 Å². The van der Waals surface area contributed by atoms with Gasteiger partial charge in [-0.05, 0) is 13.3 Å². The summed E-state index contributed by atoms with van der Waals surface area (Å²) >= 11 is 0. The second-order valence-corrected chi connectivity index (χ2v) is 10.3. The lowest BCUT2D eigenvalue weighted by Crippen LogP contribution is -2.68. The zero-order chi connectivity index (χ0) is 29.3. The molecule has 0 aromatic rings. The van der Waals surface area contributed by atoms with Gasteiger partial charge in [-0.25, -0.2) is 0 Å². The van der Waals surface area contributed by atoms with E-state index in [2.05, 4.69) is 0 Å². The zero-order valence-corrected chi connectivity index (χ0v) is 21.0. The molecule has 3 rings (SSSR count). The highest BCUT2D eigenvalue weighted by molar-refractivity contribution is 7.79. The standard InChI is InChI=1S/C18H35N5O10.H2O4S/c1-3(19)12-10(27)11(28)18(30-12)32-14-7(24)4(20)2-5(21)13(14)31-17-6(22)8(25)9(26)15(33-17)16(23)29;1-5(2,3)4/h3-15,17-18,24-28H,2,19-22H2,1H3,(H2,23,29);(H2,1,2,3,4)/t3-,4+,5-,6+,7-,8+,9-,10-,11+,12+,13+,14+,15+,17-,18+;/m0./s1. The molecule has 17 N–H and O–H groups in total. The highest BCUT2D eigenvalue weighted by atomic mass is 32.3. The second-order valence-electron chi connectivity index (χ2n) is 9.40. The normalized spacial score (nSPS) is 46.6. The third-order valence-electron chi connectivity index (χ3n) is 6.35. The van der Waals surface area contributed by atoms with Crippen LogP contribution in [0.5, 0.6) is 0 Å². The number of hydrogen-bond acceptors (Lipinski definition) is 16. The lowest BCUT2D eigenvalue weighted by atomic mass is 9.84. The molecule has 3 fully saturated rings. The Labute approximate surface area is 217 Å². The van der Waals surface area contributed by atoms with Gasteiger partial charge in [0.2, 0.25) is 5.91 Å². The maximum absolute atomic E-state index is 11.6. The number of amides is 1. The van der Waals surface area contributed by atoms with Gasteiger partial charge in [-0.1, -0.05) is 0 Å². The SMILES string of the molecule is C[C@H](N)[C@H]1O[C@H](O[C@@H]2[C@@H](O)[C@H](N)C[C@H](N)[C@H]2O[C@H]2O[C@@H](C(N)=O)[C@@H](O)[C@H](O)[C@H]2N)[C@H](O)[C@@H]1O.O=S(=O)(O)O. The van der Waals surface area contributed by atoms with Crippen LogP contribution in [-0.2, 0) is 34.1 Å². The van der Waals surface area contributed by atoms with E-state index in [1.165, 1.54) is 0 Å². The Morgan fingerprint density at radius 2 is 1.37 bits per heavy atom. The first-order chi connectivity index (χ1) is 17.3. The summed E-state index contributed by atoms with van der Waals surface area (Å²) in [5.41, 5.74) is 29.0. The molecule has 0 bridgehead atoms. The lowest BCUT2D eigenvalue weighted by molar-refractivity contribution is -0.303. The van der Waals surface area contributed by atoms with Crippen molar-refractivity contribution in [2.75, 3.05) is 0 Å². The first-order valence-corrected chi connectivity index (χ1v) is 12.8. The highest BCUT2D eigenvalue weighted by Crippen LogP contribution is 2.32. The van der Waals surface area contributed by atoms with E-state index in [0.29, 0.717) is 0 Å². The van der Waals surface area contributed by atoms with E-state index in [9.17, 15) is 30.3 Å². The smallest absolute Gasteiger partial charge is 0.389 e. The molecule has 2 heterocycles. The van der Waals surface area contributed by atoms with Crippen molar-refractivity contribution in [1.29, 1.82) is 0 Å². The Hall–Kier alpha value is -1.18. The van der Waals surface area contributed by atoms with Crippen molar-refractivity contribution in [2.24, 2.45) is 28.7 Å². The number of nitrogens with two attached hydrogens (primary N) is 5. The maximum atomic E-state index is 11.6. The van der Waals surface area contributed by atoms with Gasteiger partial charge < -0.3 is 73.1 Å². The molecule has 0 radical (unpaired) electrons. The van der Waals surface area contributed by atoms with Crippen molar-refractivity contribution >= 4 is 16.3 Å². The monoisotopic (exact) mass is 579 g/mol. The third-order valence-corrected chi connectivity index (χ3v) is 6.35. The van der Waals surface area contributed by atoms with Gasteiger partial charge in [-0.3, -0.25) is 13.9 Å². The molecular formula is C18H37N5O14S. The Balaban J connectivity index is 0.000000926. The van der Waals surface area contributed by atoms with Crippen LogP contribution in [-0.4, -0.2) is 141 Å². The van der Waals surface area contributed by atoms with E-state index < -0.39 is 108 Å². The number of rotatable bonds is 6. The number of hydrogen-bond donors (Lipinski definition) is 12. The van der Waals surface area contributed by atoms with Crippen LogP contribution < -0.4 is 28.7 Å². The average Bonchev–Trinajstić information content (AvgIpc) is 3.07. The first-order valence-electron chi connectivity index (χ1n) is 11.4. The average molecular weight is 580 g/mol. The van der Waals surface area contributed by atoms with Gasteiger partial charge in [0.1, 0.15) is 42.7 Å². The topological polar surface area (TPSA) is 360 Å².